The highest BCUT2D eigenvalue weighted by molar-refractivity contribution is 5.76. The maximum Gasteiger partial charge on any atom is 0.323 e. The molecule has 0 amide bonds. The van der Waals surface area contributed by atoms with Crippen LogP contribution in [0.25, 0.3) is 0 Å². The van der Waals surface area contributed by atoms with Gasteiger partial charge >= 0.3 is 5.97 Å². The van der Waals surface area contributed by atoms with Crippen LogP contribution in [0.3, 0.4) is 0 Å². The molecular formula is C13H23NO3. The van der Waals surface area contributed by atoms with Gasteiger partial charge in [-0.15, -0.1) is 0 Å². The molecule has 2 rings (SSSR count). The van der Waals surface area contributed by atoms with E-state index in [0.717, 1.165) is 45.1 Å². The van der Waals surface area contributed by atoms with Gasteiger partial charge in [0.05, 0.1) is 6.10 Å². The quantitative estimate of drug-likeness (QED) is 0.763. The number of methoxy groups -OCH3 is 1. The monoisotopic (exact) mass is 241 g/mol. The number of esters is 1. The van der Waals surface area contributed by atoms with E-state index in [9.17, 15) is 4.79 Å². The van der Waals surface area contributed by atoms with Crippen molar-refractivity contribution in [3.8, 4) is 0 Å². The van der Waals surface area contributed by atoms with Crippen LogP contribution in [-0.4, -0.2) is 37.9 Å². The Morgan fingerprint density at radius 3 is 2.65 bits per heavy atom. The van der Waals surface area contributed by atoms with Crippen molar-refractivity contribution < 1.29 is 14.3 Å². The molecule has 3 atom stereocenters. The first-order valence-corrected chi connectivity index (χ1v) is 6.76. The summed E-state index contributed by atoms with van der Waals surface area (Å²) in [5.74, 6) is -0.0635. The van der Waals surface area contributed by atoms with E-state index in [1.807, 2.05) is 0 Å². The Bertz CT molecular complexity index is 251. The van der Waals surface area contributed by atoms with Crippen LogP contribution in [-0.2, 0) is 14.3 Å². The molecule has 0 aromatic carbocycles. The third-order valence-electron chi connectivity index (χ3n) is 3.79. The van der Waals surface area contributed by atoms with Crippen LogP contribution in [0.5, 0.6) is 0 Å². The molecule has 2 aliphatic rings. The summed E-state index contributed by atoms with van der Waals surface area (Å²) >= 11 is 0. The zero-order chi connectivity index (χ0) is 12.1. The first-order valence-electron chi connectivity index (χ1n) is 6.76. The summed E-state index contributed by atoms with van der Waals surface area (Å²) < 4.78 is 10.9. The Balaban J connectivity index is 1.77. The second kappa shape index (κ2) is 6.36. The van der Waals surface area contributed by atoms with Gasteiger partial charge in [-0.3, -0.25) is 4.79 Å². The molecule has 17 heavy (non-hydrogen) atoms. The van der Waals surface area contributed by atoms with Crippen LogP contribution < -0.4 is 5.32 Å². The second-order valence-corrected chi connectivity index (χ2v) is 5.09. The number of rotatable bonds is 3. The SMILES string of the molecule is COC1CCCC(OC(=O)C2CCCCN2)C1. The summed E-state index contributed by atoms with van der Waals surface area (Å²) in [6.07, 6.45) is 7.55. The van der Waals surface area contributed by atoms with E-state index in [4.69, 9.17) is 9.47 Å². The molecule has 0 aromatic heterocycles. The molecule has 0 spiro atoms. The number of carbonyl (C=O) groups is 1. The number of nitrogens with one attached hydrogen (secondary N) is 1. The van der Waals surface area contributed by atoms with Gasteiger partial charge in [0, 0.05) is 13.5 Å². The highest BCUT2D eigenvalue weighted by Crippen LogP contribution is 2.24. The van der Waals surface area contributed by atoms with Crippen LogP contribution in [0.15, 0.2) is 0 Å². The predicted octanol–water partition coefficient (Wildman–Crippen LogP) is 1.63. The van der Waals surface area contributed by atoms with Gasteiger partial charge in [0.25, 0.3) is 0 Å². The highest BCUT2D eigenvalue weighted by atomic mass is 16.5. The predicted molar refractivity (Wildman–Crippen MR) is 64.8 cm³/mol. The third kappa shape index (κ3) is 3.68. The van der Waals surface area contributed by atoms with Gasteiger partial charge in [0.1, 0.15) is 12.1 Å². The van der Waals surface area contributed by atoms with Crippen molar-refractivity contribution in [2.75, 3.05) is 13.7 Å². The van der Waals surface area contributed by atoms with Crippen molar-refractivity contribution in [2.24, 2.45) is 0 Å². The zero-order valence-corrected chi connectivity index (χ0v) is 10.6. The number of ether oxygens (including phenoxy) is 2. The average Bonchev–Trinajstić information content (AvgIpc) is 2.40. The Morgan fingerprint density at radius 2 is 1.94 bits per heavy atom. The molecule has 4 nitrogen and oxygen atoms in total. The normalized spacial score (nSPS) is 34.3. The van der Waals surface area contributed by atoms with Gasteiger partial charge < -0.3 is 14.8 Å². The van der Waals surface area contributed by atoms with Crippen molar-refractivity contribution in [1.29, 1.82) is 0 Å². The molecule has 0 bridgehead atoms. The summed E-state index contributed by atoms with van der Waals surface area (Å²) in [6, 6.07) is -0.0772. The Kier molecular flexibility index (Phi) is 4.80. The second-order valence-electron chi connectivity index (χ2n) is 5.09. The van der Waals surface area contributed by atoms with Crippen molar-refractivity contribution in [3.63, 3.8) is 0 Å². The molecule has 1 saturated heterocycles. The topological polar surface area (TPSA) is 47.6 Å². The fraction of sp³-hybridized carbons (Fsp3) is 0.923. The molecule has 4 heteroatoms. The van der Waals surface area contributed by atoms with Gasteiger partial charge in [-0.1, -0.05) is 6.42 Å². The van der Waals surface area contributed by atoms with E-state index in [1.54, 1.807) is 7.11 Å². The number of hydrogen-bond donors (Lipinski definition) is 1. The van der Waals surface area contributed by atoms with Gasteiger partial charge in [0.2, 0.25) is 0 Å². The lowest BCUT2D eigenvalue weighted by molar-refractivity contribution is -0.155. The van der Waals surface area contributed by atoms with Crippen molar-refractivity contribution in [1.82, 2.24) is 5.32 Å². The smallest absolute Gasteiger partial charge is 0.323 e. The molecule has 1 heterocycles. The maximum atomic E-state index is 11.9. The molecule has 0 aromatic rings. The fourth-order valence-corrected chi connectivity index (χ4v) is 2.72. The van der Waals surface area contributed by atoms with Crippen LogP contribution in [0.2, 0.25) is 0 Å². The molecular weight excluding hydrogens is 218 g/mol. The van der Waals surface area contributed by atoms with Crippen molar-refractivity contribution >= 4 is 5.97 Å². The van der Waals surface area contributed by atoms with Crippen LogP contribution in [0.4, 0.5) is 0 Å². The van der Waals surface area contributed by atoms with Crippen LogP contribution >= 0.6 is 0 Å². The average molecular weight is 241 g/mol. The Morgan fingerprint density at radius 1 is 1.12 bits per heavy atom. The molecule has 1 aliphatic heterocycles. The fourth-order valence-electron chi connectivity index (χ4n) is 2.72. The summed E-state index contributed by atoms with van der Waals surface area (Å²) in [5.41, 5.74) is 0. The molecule has 1 N–H and O–H groups in total. The Labute approximate surface area is 103 Å². The molecule has 3 unspecified atom stereocenters. The summed E-state index contributed by atoms with van der Waals surface area (Å²) in [6.45, 7) is 0.936. The van der Waals surface area contributed by atoms with E-state index in [1.165, 1.54) is 6.42 Å². The van der Waals surface area contributed by atoms with Gasteiger partial charge in [-0.2, -0.15) is 0 Å². The standard InChI is InChI=1S/C13H23NO3/c1-16-10-5-4-6-11(9-10)17-13(15)12-7-2-3-8-14-12/h10-12,14H,2-9H2,1H3. The molecule has 2 fully saturated rings. The lowest BCUT2D eigenvalue weighted by atomic mass is 9.94. The lowest BCUT2D eigenvalue weighted by Gasteiger charge is -2.30. The van der Waals surface area contributed by atoms with Gasteiger partial charge in [-0.05, 0) is 38.6 Å². The minimum absolute atomic E-state index is 0.0601. The van der Waals surface area contributed by atoms with Crippen molar-refractivity contribution in [3.05, 3.63) is 0 Å². The number of hydrogen-bond acceptors (Lipinski definition) is 4. The van der Waals surface area contributed by atoms with E-state index in [2.05, 4.69) is 5.32 Å². The minimum Gasteiger partial charge on any atom is -0.461 e. The lowest BCUT2D eigenvalue weighted by Crippen LogP contribution is -2.43. The van der Waals surface area contributed by atoms with Crippen LogP contribution in [0.1, 0.15) is 44.9 Å². The molecule has 1 saturated carbocycles. The van der Waals surface area contributed by atoms with E-state index in [0.29, 0.717) is 0 Å². The Hall–Kier alpha value is -0.610. The summed E-state index contributed by atoms with van der Waals surface area (Å²) in [7, 11) is 1.73. The van der Waals surface area contributed by atoms with Crippen LogP contribution in [0, 0.1) is 0 Å². The largest absolute Gasteiger partial charge is 0.461 e. The highest BCUT2D eigenvalue weighted by Gasteiger charge is 2.28. The molecule has 0 radical (unpaired) electrons. The van der Waals surface area contributed by atoms with Gasteiger partial charge in [-0.25, -0.2) is 0 Å². The zero-order valence-electron chi connectivity index (χ0n) is 10.6. The molecule has 1 aliphatic carbocycles. The molecule has 98 valence electrons. The van der Waals surface area contributed by atoms with Crippen molar-refractivity contribution in [2.45, 2.75) is 63.2 Å². The third-order valence-corrected chi connectivity index (χ3v) is 3.79. The summed E-state index contributed by atoms with van der Waals surface area (Å²) in [4.78, 5) is 11.9. The first kappa shape index (κ1) is 12.8. The van der Waals surface area contributed by atoms with E-state index >= 15 is 0 Å². The first-order chi connectivity index (χ1) is 8.29. The van der Waals surface area contributed by atoms with Gasteiger partial charge in [0.15, 0.2) is 0 Å². The summed E-state index contributed by atoms with van der Waals surface area (Å²) in [5, 5.41) is 3.23. The van der Waals surface area contributed by atoms with E-state index < -0.39 is 0 Å². The minimum atomic E-state index is -0.0772. The maximum absolute atomic E-state index is 11.9. The van der Waals surface area contributed by atoms with E-state index in [-0.39, 0.29) is 24.2 Å². The number of piperidine rings is 1. The number of carbonyl (C=O) groups excluding carboxylic acids is 1.